The third-order valence-electron chi connectivity index (χ3n) is 3.50. The number of rotatable bonds is 6. The number of sulfonamides is 1. The summed E-state index contributed by atoms with van der Waals surface area (Å²) in [5, 5.41) is 5.90. The number of nitrogens with zero attached hydrogens (tertiary/aromatic N) is 3. The number of likely N-dealkylation sites (N-methyl/N-ethyl adjacent to an activating group) is 1. The van der Waals surface area contributed by atoms with E-state index in [1.165, 1.54) is 37.0 Å². The summed E-state index contributed by atoms with van der Waals surface area (Å²) in [6.07, 6.45) is -2.24. The third-order valence-corrected chi connectivity index (χ3v) is 5.37. The van der Waals surface area contributed by atoms with Gasteiger partial charge in [0, 0.05) is 19.8 Å². The molecule has 0 aliphatic heterocycles. The topological polar surface area (TPSA) is 84.3 Å². The molecule has 142 valence electrons. The number of benzene rings is 1. The van der Waals surface area contributed by atoms with Crippen molar-refractivity contribution < 1.29 is 26.4 Å². The van der Waals surface area contributed by atoms with Gasteiger partial charge in [0.25, 0.3) is 0 Å². The number of nitrogens with one attached hydrogen (secondary N) is 1. The summed E-state index contributed by atoms with van der Waals surface area (Å²) in [6, 6.07) is 4.48. The van der Waals surface area contributed by atoms with Crippen LogP contribution in [-0.2, 0) is 28.0 Å². The van der Waals surface area contributed by atoms with Gasteiger partial charge in [0.15, 0.2) is 0 Å². The van der Waals surface area contributed by atoms with Crippen LogP contribution in [0.15, 0.2) is 41.6 Å². The van der Waals surface area contributed by atoms with Crippen LogP contribution in [0.1, 0.15) is 12.5 Å². The molecular formula is C15H17F3N4O3S. The van der Waals surface area contributed by atoms with Crippen molar-refractivity contribution in [2.75, 3.05) is 18.4 Å². The molecule has 1 amide bonds. The van der Waals surface area contributed by atoms with E-state index in [9.17, 15) is 26.4 Å². The second-order valence-corrected chi connectivity index (χ2v) is 7.31. The molecule has 0 saturated heterocycles. The highest BCUT2D eigenvalue weighted by atomic mass is 32.2. The fourth-order valence-corrected chi connectivity index (χ4v) is 3.63. The molecule has 1 aromatic carbocycles. The highest BCUT2D eigenvalue weighted by Gasteiger charge is 2.34. The minimum atomic E-state index is -4.64. The summed E-state index contributed by atoms with van der Waals surface area (Å²) < 4.78 is 66.1. The molecule has 0 fully saturated rings. The summed E-state index contributed by atoms with van der Waals surface area (Å²) in [7, 11) is -2.45. The molecule has 11 heteroatoms. The van der Waals surface area contributed by atoms with Crippen molar-refractivity contribution in [2.45, 2.75) is 18.0 Å². The summed E-state index contributed by atoms with van der Waals surface area (Å²) in [5.74, 6) is -0.879. The van der Waals surface area contributed by atoms with Crippen molar-refractivity contribution >= 4 is 21.6 Å². The van der Waals surface area contributed by atoms with Gasteiger partial charge in [0.1, 0.15) is 4.90 Å². The van der Waals surface area contributed by atoms with Crippen LogP contribution in [0.3, 0.4) is 0 Å². The fraction of sp³-hybridized carbons (Fsp3) is 0.333. The first kappa shape index (κ1) is 19.9. The minimum Gasteiger partial charge on any atom is -0.324 e. The first-order chi connectivity index (χ1) is 12.1. The van der Waals surface area contributed by atoms with Crippen LogP contribution in [-0.4, -0.2) is 41.5 Å². The molecule has 1 N–H and O–H groups in total. The lowest BCUT2D eigenvalue weighted by molar-refractivity contribution is -0.137. The number of para-hydroxylation sites is 1. The van der Waals surface area contributed by atoms with Gasteiger partial charge in [-0.1, -0.05) is 19.1 Å². The first-order valence-electron chi connectivity index (χ1n) is 7.50. The zero-order valence-corrected chi connectivity index (χ0v) is 14.8. The van der Waals surface area contributed by atoms with Crippen LogP contribution in [0.2, 0.25) is 0 Å². The maximum atomic E-state index is 13.0. The molecule has 1 heterocycles. The van der Waals surface area contributed by atoms with Crippen LogP contribution < -0.4 is 5.32 Å². The number of halogens is 3. The average molecular weight is 390 g/mol. The van der Waals surface area contributed by atoms with Gasteiger partial charge in [-0.15, -0.1) is 0 Å². The molecule has 0 aliphatic carbocycles. The maximum absolute atomic E-state index is 13.0. The van der Waals surface area contributed by atoms with Gasteiger partial charge in [0.2, 0.25) is 15.9 Å². The second-order valence-electron chi connectivity index (χ2n) is 5.37. The number of hydrogen-bond donors (Lipinski definition) is 1. The van der Waals surface area contributed by atoms with E-state index >= 15 is 0 Å². The lowest BCUT2D eigenvalue weighted by atomic mass is 10.1. The molecule has 0 saturated carbocycles. The Kier molecular flexibility index (Phi) is 5.71. The van der Waals surface area contributed by atoms with Crippen molar-refractivity contribution in [3.8, 4) is 0 Å². The fourth-order valence-electron chi connectivity index (χ4n) is 2.24. The third kappa shape index (κ3) is 4.41. The van der Waals surface area contributed by atoms with Gasteiger partial charge >= 0.3 is 6.18 Å². The maximum Gasteiger partial charge on any atom is 0.418 e. The van der Waals surface area contributed by atoms with Gasteiger partial charge in [-0.3, -0.25) is 9.48 Å². The van der Waals surface area contributed by atoms with Gasteiger partial charge in [-0.05, 0) is 12.1 Å². The molecule has 0 bridgehead atoms. The molecule has 0 unspecified atom stereocenters. The summed E-state index contributed by atoms with van der Waals surface area (Å²) in [6.45, 7) is 0.857. The molecule has 26 heavy (non-hydrogen) atoms. The Hall–Kier alpha value is -2.40. The number of alkyl halides is 3. The Morgan fingerprint density at radius 1 is 1.31 bits per heavy atom. The lowest BCUT2D eigenvalue weighted by Gasteiger charge is -2.20. The molecule has 0 spiro atoms. The molecule has 1 aromatic heterocycles. The number of hydrogen-bond acceptors (Lipinski definition) is 4. The van der Waals surface area contributed by atoms with E-state index in [-0.39, 0.29) is 11.4 Å². The molecule has 2 aromatic rings. The van der Waals surface area contributed by atoms with Crippen LogP contribution in [0.4, 0.5) is 18.9 Å². The molecular weight excluding hydrogens is 373 g/mol. The van der Waals surface area contributed by atoms with Crippen LogP contribution in [0.25, 0.3) is 0 Å². The minimum absolute atomic E-state index is 0.0361. The summed E-state index contributed by atoms with van der Waals surface area (Å²) in [4.78, 5) is 12.0. The number of carbonyl (C=O) groups excluding carboxylic acids is 1. The Balaban J connectivity index is 2.19. The summed E-state index contributed by atoms with van der Waals surface area (Å²) >= 11 is 0. The average Bonchev–Trinajstić information content (AvgIpc) is 2.99. The zero-order chi connectivity index (χ0) is 19.5. The van der Waals surface area contributed by atoms with E-state index in [0.717, 1.165) is 22.6 Å². The smallest absolute Gasteiger partial charge is 0.324 e. The number of aromatic nitrogens is 2. The molecule has 0 atom stereocenters. The monoisotopic (exact) mass is 390 g/mol. The Morgan fingerprint density at radius 2 is 1.96 bits per heavy atom. The molecule has 7 nitrogen and oxygen atoms in total. The first-order valence-corrected chi connectivity index (χ1v) is 8.94. The van der Waals surface area contributed by atoms with E-state index in [2.05, 4.69) is 10.4 Å². The molecule has 2 rings (SSSR count). The van der Waals surface area contributed by atoms with Crippen LogP contribution in [0, 0.1) is 0 Å². The highest BCUT2D eigenvalue weighted by Crippen LogP contribution is 2.34. The zero-order valence-electron chi connectivity index (χ0n) is 14.0. The van der Waals surface area contributed by atoms with Crippen molar-refractivity contribution in [3.05, 3.63) is 42.2 Å². The number of anilines is 1. The Labute approximate surface area is 148 Å². The van der Waals surface area contributed by atoms with Crippen molar-refractivity contribution in [3.63, 3.8) is 0 Å². The van der Waals surface area contributed by atoms with E-state index in [0.29, 0.717) is 0 Å². The Bertz CT molecular complexity index is 894. The predicted molar refractivity (Wildman–Crippen MR) is 87.7 cm³/mol. The Morgan fingerprint density at radius 3 is 2.50 bits per heavy atom. The van der Waals surface area contributed by atoms with E-state index in [1.807, 2.05) is 0 Å². The normalized spacial score (nSPS) is 12.4. The lowest BCUT2D eigenvalue weighted by Crippen LogP contribution is -2.38. The second kappa shape index (κ2) is 7.46. The highest BCUT2D eigenvalue weighted by molar-refractivity contribution is 7.89. The van der Waals surface area contributed by atoms with Crippen molar-refractivity contribution in [1.82, 2.24) is 14.1 Å². The number of amides is 1. The standard InChI is InChI=1S/C15H17F3N4O3S/c1-3-22(26(24,25)11-8-19-21(2)9-11)10-14(23)20-13-7-5-4-6-12(13)15(16,17)18/h4-9H,3,10H2,1-2H3,(H,20,23). The predicted octanol–water partition coefficient (Wildman–Crippen LogP) is 2.09. The van der Waals surface area contributed by atoms with Gasteiger partial charge in [0.05, 0.1) is 24.0 Å². The van der Waals surface area contributed by atoms with Gasteiger partial charge < -0.3 is 5.32 Å². The quantitative estimate of drug-likeness (QED) is 0.819. The number of aryl methyl sites for hydroxylation is 1. The molecule has 0 radical (unpaired) electrons. The van der Waals surface area contributed by atoms with Crippen LogP contribution in [0.5, 0.6) is 0 Å². The van der Waals surface area contributed by atoms with Gasteiger partial charge in [-0.2, -0.15) is 22.6 Å². The van der Waals surface area contributed by atoms with Gasteiger partial charge in [-0.25, -0.2) is 8.42 Å². The molecule has 0 aliphatic rings. The van der Waals surface area contributed by atoms with Crippen molar-refractivity contribution in [2.24, 2.45) is 7.05 Å². The van der Waals surface area contributed by atoms with E-state index in [1.54, 1.807) is 0 Å². The largest absolute Gasteiger partial charge is 0.418 e. The SMILES string of the molecule is CCN(CC(=O)Nc1ccccc1C(F)(F)F)S(=O)(=O)c1cnn(C)c1. The van der Waals surface area contributed by atoms with E-state index < -0.39 is 39.9 Å². The summed E-state index contributed by atoms with van der Waals surface area (Å²) in [5.41, 5.74) is -1.44. The van der Waals surface area contributed by atoms with E-state index in [4.69, 9.17) is 0 Å². The van der Waals surface area contributed by atoms with Crippen molar-refractivity contribution in [1.29, 1.82) is 0 Å². The van der Waals surface area contributed by atoms with Crippen LogP contribution >= 0.6 is 0 Å². The number of carbonyl (C=O) groups is 1.